The summed E-state index contributed by atoms with van der Waals surface area (Å²) >= 11 is 0. The van der Waals surface area contributed by atoms with Gasteiger partial charge in [-0.1, -0.05) is 12.6 Å². The monoisotopic (exact) mass is 445 g/mol. The maximum Gasteiger partial charge on any atom is 0.324 e. The van der Waals surface area contributed by atoms with E-state index in [1.807, 2.05) is 6.08 Å². The topological polar surface area (TPSA) is 122 Å². The third kappa shape index (κ3) is 4.49. The lowest BCUT2D eigenvalue weighted by molar-refractivity contribution is -0.118. The van der Waals surface area contributed by atoms with Crippen molar-refractivity contribution in [3.63, 3.8) is 0 Å². The number of nitrogens with zero attached hydrogens (tertiary/aromatic N) is 3. The van der Waals surface area contributed by atoms with Crippen molar-refractivity contribution in [1.29, 1.82) is 0 Å². The average Bonchev–Trinajstić information content (AvgIpc) is 3.42. The van der Waals surface area contributed by atoms with Crippen molar-refractivity contribution in [2.75, 3.05) is 23.1 Å². The molecule has 2 aromatic heterocycles. The van der Waals surface area contributed by atoms with Crippen molar-refractivity contribution < 1.29 is 14.3 Å². The molecule has 33 heavy (non-hydrogen) atoms. The summed E-state index contributed by atoms with van der Waals surface area (Å²) in [5.41, 5.74) is 3.22. The summed E-state index contributed by atoms with van der Waals surface area (Å²) in [4.78, 5) is 28.9. The number of carbonyl (C=O) groups excluding carboxylic acids is 2. The fraction of sp³-hybridized carbons (Fsp3) is 0.217. The zero-order valence-electron chi connectivity index (χ0n) is 18.0. The molecule has 1 aliphatic heterocycles. The molecule has 10 nitrogen and oxygen atoms in total. The third-order valence-electron chi connectivity index (χ3n) is 5.36. The highest BCUT2D eigenvalue weighted by Gasteiger charge is 2.24. The summed E-state index contributed by atoms with van der Waals surface area (Å²) in [5, 5.41) is 16.2. The van der Waals surface area contributed by atoms with Crippen molar-refractivity contribution in [3.8, 4) is 5.75 Å². The van der Waals surface area contributed by atoms with Crippen LogP contribution in [0.5, 0.6) is 5.75 Å². The quantitative estimate of drug-likeness (QED) is 0.462. The van der Waals surface area contributed by atoms with Gasteiger partial charge in [0, 0.05) is 35.1 Å². The zero-order chi connectivity index (χ0) is 22.9. The van der Waals surface area contributed by atoms with Crippen LogP contribution >= 0.6 is 0 Å². The van der Waals surface area contributed by atoms with Gasteiger partial charge in [-0.15, -0.1) is 0 Å². The molecule has 3 aromatic rings. The first-order chi connectivity index (χ1) is 16.0. The van der Waals surface area contributed by atoms with E-state index in [-0.39, 0.29) is 12.3 Å². The molecule has 0 unspecified atom stereocenters. The summed E-state index contributed by atoms with van der Waals surface area (Å²) in [7, 11) is 1.57. The predicted molar refractivity (Wildman–Crippen MR) is 125 cm³/mol. The molecular formula is C23H23N7O3. The minimum absolute atomic E-state index is 0.0941. The van der Waals surface area contributed by atoms with Crippen molar-refractivity contribution >= 4 is 41.0 Å². The van der Waals surface area contributed by atoms with Crippen LogP contribution < -0.4 is 26.0 Å². The molecule has 1 aliphatic carbocycles. The van der Waals surface area contributed by atoms with Crippen molar-refractivity contribution in [1.82, 2.24) is 19.9 Å². The number of benzene rings is 1. The largest absolute Gasteiger partial charge is 0.497 e. The maximum atomic E-state index is 12.6. The number of aromatic nitrogens is 3. The number of urea groups is 1. The number of rotatable bonds is 6. The number of hydrogen-bond donors (Lipinski definition) is 4. The highest BCUT2D eigenvalue weighted by atomic mass is 16.5. The van der Waals surface area contributed by atoms with Gasteiger partial charge in [0.25, 0.3) is 0 Å². The van der Waals surface area contributed by atoms with E-state index in [1.165, 1.54) is 0 Å². The van der Waals surface area contributed by atoms with Gasteiger partial charge in [-0.2, -0.15) is 9.61 Å². The lowest BCUT2D eigenvalue weighted by Crippen LogP contribution is -2.21. The SMILES string of the molecule is C=C1NC(=O)C/C1=C\c1cnn2c(NC3CC3)cc(NC(=O)Nc3cccc(OC)c3)nc12. The molecule has 2 fully saturated rings. The number of anilines is 3. The van der Waals surface area contributed by atoms with Crippen LogP contribution in [-0.2, 0) is 4.79 Å². The number of carbonyl (C=O) groups is 2. The van der Waals surface area contributed by atoms with Gasteiger partial charge < -0.3 is 20.7 Å². The smallest absolute Gasteiger partial charge is 0.324 e. The highest BCUT2D eigenvalue weighted by molar-refractivity contribution is 5.99. The number of amides is 3. The molecule has 3 amide bonds. The molecule has 4 N–H and O–H groups in total. The lowest BCUT2D eigenvalue weighted by Gasteiger charge is -2.12. The van der Waals surface area contributed by atoms with E-state index in [4.69, 9.17) is 4.74 Å². The molecular weight excluding hydrogens is 422 g/mol. The second-order valence-electron chi connectivity index (χ2n) is 7.96. The standard InChI is InChI=1S/C23H23N7O3/c1-13-14(9-21(31)25-13)8-15-12-24-30-20(26-16-6-7-16)11-19(28-22(15)30)29-23(32)27-17-4-3-5-18(10-17)33-2/h3-5,8,10-12,16,26H,1,6-7,9H2,2H3,(H,25,31)(H2,27,28,29,32)/b14-8+. The molecule has 168 valence electrons. The number of hydrogen-bond acceptors (Lipinski definition) is 6. The van der Waals surface area contributed by atoms with Crippen LogP contribution in [0.15, 0.2) is 54.4 Å². The molecule has 0 spiro atoms. The summed E-state index contributed by atoms with van der Waals surface area (Å²) in [6.07, 6.45) is 5.94. The summed E-state index contributed by atoms with van der Waals surface area (Å²) in [6.45, 7) is 3.89. The Kier molecular flexibility index (Phi) is 5.17. The van der Waals surface area contributed by atoms with E-state index in [2.05, 4.69) is 37.9 Å². The Hall–Kier alpha value is -4.34. The molecule has 1 saturated carbocycles. The van der Waals surface area contributed by atoms with Gasteiger partial charge in [0.2, 0.25) is 5.91 Å². The predicted octanol–water partition coefficient (Wildman–Crippen LogP) is 3.37. The van der Waals surface area contributed by atoms with E-state index >= 15 is 0 Å². The molecule has 10 heteroatoms. The molecule has 3 heterocycles. The van der Waals surface area contributed by atoms with Crippen molar-refractivity contribution in [3.05, 3.63) is 59.9 Å². The molecule has 5 rings (SSSR count). The first kappa shape index (κ1) is 20.6. The maximum absolute atomic E-state index is 12.6. The second-order valence-corrected chi connectivity index (χ2v) is 7.96. The van der Waals surface area contributed by atoms with E-state index < -0.39 is 6.03 Å². The summed E-state index contributed by atoms with van der Waals surface area (Å²) in [6, 6.07) is 8.77. The fourth-order valence-corrected chi connectivity index (χ4v) is 3.56. The summed E-state index contributed by atoms with van der Waals surface area (Å²) in [5.74, 6) is 1.64. The minimum Gasteiger partial charge on any atom is -0.497 e. The Morgan fingerprint density at radius 3 is 2.88 bits per heavy atom. The van der Waals surface area contributed by atoms with Gasteiger partial charge in [-0.05, 0) is 36.6 Å². The van der Waals surface area contributed by atoms with Crippen LogP contribution in [0.2, 0.25) is 0 Å². The van der Waals surface area contributed by atoms with Crippen LogP contribution in [0.4, 0.5) is 22.1 Å². The van der Waals surface area contributed by atoms with Gasteiger partial charge in [0.15, 0.2) is 5.65 Å². The molecule has 0 atom stereocenters. The lowest BCUT2D eigenvalue weighted by atomic mass is 10.1. The molecule has 2 aliphatic rings. The Bertz CT molecular complexity index is 1310. The number of ether oxygens (including phenoxy) is 1. The molecule has 1 aromatic carbocycles. The minimum atomic E-state index is -0.434. The van der Waals surface area contributed by atoms with Gasteiger partial charge in [0.1, 0.15) is 17.4 Å². The van der Waals surface area contributed by atoms with Crippen LogP contribution in [0.3, 0.4) is 0 Å². The molecule has 0 radical (unpaired) electrons. The van der Waals surface area contributed by atoms with Crippen LogP contribution in [0, 0.1) is 0 Å². The highest BCUT2D eigenvalue weighted by Crippen LogP contribution is 2.29. The molecule has 1 saturated heterocycles. The number of fused-ring (bicyclic) bond motifs is 1. The molecule has 0 bridgehead atoms. The summed E-state index contributed by atoms with van der Waals surface area (Å²) < 4.78 is 6.89. The number of methoxy groups -OCH3 is 1. The van der Waals surface area contributed by atoms with Crippen LogP contribution in [0.25, 0.3) is 11.7 Å². The third-order valence-corrected chi connectivity index (χ3v) is 5.36. The average molecular weight is 445 g/mol. The Balaban J connectivity index is 1.45. The van der Waals surface area contributed by atoms with Gasteiger partial charge in [-0.3, -0.25) is 10.1 Å². The first-order valence-corrected chi connectivity index (χ1v) is 10.6. The van der Waals surface area contributed by atoms with Crippen molar-refractivity contribution in [2.24, 2.45) is 0 Å². The van der Waals surface area contributed by atoms with Gasteiger partial charge in [-0.25, -0.2) is 9.78 Å². The zero-order valence-corrected chi connectivity index (χ0v) is 18.0. The van der Waals surface area contributed by atoms with Gasteiger partial charge >= 0.3 is 6.03 Å². The Morgan fingerprint density at radius 1 is 1.30 bits per heavy atom. The number of nitrogens with one attached hydrogen (secondary N) is 4. The first-order valence-electron chi connectivity index (χ1n) is 10.6. The Labute approximate surface area is 189 Å². The van der Waals surface area contributed by atoms with Crippen LogP contribution in [-0.4, -0.2) is 39.7 Å². The fourth-order valence-electron chi connectivity index (χ4n) is 3.56. The Morgan fingerprint density at radius 2 is 2.15 bits per heavy atom. The van der Waals surface area contributed by atoms with Crippen LogP contribution in [0.1, 0.15) is 24.8 Å². The van der Waals surface area contributed by atoms with Gasteiger partial charge in [0.05, 0.1) is 19.7 Å². The van der Waals surface area contributed by atoms with E-state index in [0.717, 1.165) is 29.8 Å². The second kappa shape index (κ2) is 8.30. The van der Waals surface area contributed by atoms with E-state index in [1.54, 1.807) is 48.2 Å². The normalized spacial score (nSPS) is 16.7. The van der Waals surface area contributed by atoms with Crippen molar-refractivity contribution in [2.45, 2.75) is 25.3 Å². The number of allylic oxidation sites excluding steroid dienone is 1. The van der Waals surface area contributed by atoms with E-state index in [0.29, 0.717) is 34.6 Å². The van der Waals surface area contributed by atoms with E-state index in [9.17, 15) is 9.59 Å².